The van der Waals surface area contributed by atoms with Gasteiger partial charge in [0.05, 0.1) is 5.69 Å². The smallest absolute Gasteiger partial charge is 0.350 e. The molecule has 0 radical (unpaired) electrons. The van der Waals surface area contributed by atoms with Crippen molar-refractivity contribution in [1.29, 1.82) is 0 Å². The van der Waals surface area contributed by atoms with Gasteiger partial charge >= 0.3 is 5.69 Å². The predicted octanol–water partition coefficient (Wildman–Crippen LogP) is 3.80. The Kier molecular flexibility index (Phi) is 4.99. The van der Waals surface area contributed by atoms with Gasteiger partial charge in [-0.25, -0.2) is 9.78 Å². The molecule has 0 unspecified atom stereocenters. The van der Waals surface area contributed by atoms with Crippen molar-refractivity contribution in [3.8, 4) is 28.4 Å². The molecule has 3 atom stereocenters. The first-order chi connectivity index (χ1) is 15.6. The normalized spacial score (nSPS) is 26.4. The van der Waals surface area contributed by atoms with E-state index < -0.39 is 5.69 Å². The Bertz CT molecular complexity index is 1240. The molecule has 33 heavy (non-hydrogen) atoms. The Balaban J connectivity index is 1.36. The maximum absolute atomic E-state index is 11.8. The summed E-state index contributed by atoms with van der Waals surface area (Å²) in [7, 11) is 3.70. The van der Waals surface area contributed by atoms with E-state index in [-0.39, 0.29) is 11.6 Å². The van der Waals surface area contributed by atoms with Crippen molar-refractivity contribution < 1.29 is 5.11 Å². The number of phenols is 1. The summed E-state index contributed by atoms with van der Waals surface area (Å²) in [5.41, 5.74) is 2.18. The Morgan fingerprint density at radius 3 is 2.42 bits per heavy atom. The van der Waals surface area contributed by atoms with E-state index in [0.717, 1.165) is 5.82 Å². The van der Waals surface area contributed by atoms with Crippen molar-refractivity contribution >= 4 is 5.82 Å². The second kappa shape index (κ2) is 7.64. The number of phenolic OH excluding ortho intramolecular Hbond substituents is 1. The second-order valence-corrected chi connectivity index (χ2v) is 10.6. The molecule has 2 heterocycles. The molecule has 0 saturated heterocycles. The summed E-state index contributed by atoms with van der Waals surface area (Å²) in [6.07, 6.45) is 7.75. The van der Waals surface area contributed by atoms with Crippen molar-refractivity contribution in [3.05, 3.63) is 47.1 Å². The van der Waals surface area contributed by atoms with E-state index in [1.165, 1.54) is 43.0 Å². The fourth-order valence-electron chi connectivity index (χ4n) is 5.90. The molecule has 2 aromatic heterocycles. The van der Waals surface area contributed by atoms with Gasteiger partial charge in [0.25, 0.3) is 0 Å². The van der Waals surface area contributed by atoms with Crippen molar-refractivity contribution in [1.82, 2.24) is 24.7 Å². The largest absolute Gasteiger partial charge is 0.507 e. The van der Waals surface area contributed by atoms with Gasteiger partial charge in [-0.3, -0.25) is 4.57 Å². The average Bonchev–Trinajstić information content (AvgIpc) is 3.01. The zero-order valence-corrected chi connectivity index (χ0v) is 19.6. The fraction of sp³-hybridized carbons (Fsp3) is 0.480. The zero-order chi connectivity index (χ0) is 23.4. The number of rotatable bonds is 4. The molecule has 2 aliphatic carbocycles. The van der Waals surface area contributed by atoms with Gasteiger partial charge in [0.1, 0.15) is 12.1 Å². The van der Waals surface area contributed by atoms with Crippen molar-refractivity contribution in [2.45, 2.75) is 52.0 Å². The van der Waals surface area contributed by atoms with E-state index in [2.05, 4.69) is 46.0 Å². The number of hydrogen-bond acceptors (Lipinski definition) is 7. The molecule has 0 amide bonds. The van der Waals surface area contributed by atoms with Gasteiger partial charge in [-0.1, -0.05) is 19.9 Å². The van der Waals surface area contributed by atoms with Crippen LogP contribution in [0.3, 0.4) is 0 Å². The maximum Gasteiger partial charge on any atom is 0.350 e. The molecule has 2 saturated carbocycles. The summed E-state index contributed by atoms with van der Waals surface area (Å²) in [6, 6.07) is 9.39. The number of aryl methyl sites for hydroxylation is 1. The monoisotopic (exact) mass is 446 g/mol. The lowest BCUT2D eigenvalue weighted by molar-refractivity contribution is 0.148. The first-order valence-electron chi connectivity index (χ1n) is 11.4. The lowest BCUT2D eigenvalue weighted by atomic mass is 9.68. The van der Waals surface area contributed by atoms with Crippen LogP contribution in [0.25, 0.3) is 22.6 Å². The van der Waals surface area contributed by atoms with E-state index in [9.17, 15) is 9.90 Å². The van der Waals surface area contributed by atoms with Gasteiger partial charge < -0.3 is 10.0 Å². The minimum atomic E-state index is -0.400. The van der Waals surface area contributed by atoms with E-state index in [0.29, 0.717) is 33.7 Å². The molecule has 5 rings (SSSR count). The molecule has 1 aromatic carbocycles. The van der Waals surface area contributed by atoms with Crippen LogP contribution < -0.4 is 10.6 Å². The third kappa shape index (κ3) is 3.98. The number of benzene rings is 1. The molecule has 2 fully saturated rings. The van der Waals surface area contributed by atoms with Crippen molar-refractivity contribution in [3.63, 3.8) is 0 Å². The highest BCUT2D eigenvalue weighted by Crippen LogP contribution is 2.58. The van der Waals surface area contributed by atoms with Gasteiger partial charge in [0.15, 0.2) is 11.6 Å². The molecule has 172 valence electrons. The highest BCUT2D eigenvalue weighted by Gasteiger charge is 2.49. The van der Waals surface area contributed by atoms with E-state index in [4.69, 9.17) is 0 Å². The number of fused-ring (bicyclic) bond motifs is 2. The summed E-state index contributed by atoms with van der Waals surface area (Å²) in [5.74, 6) is 1.16. The number of aromatic hydroxyl groups is 1. The van der Waals surface area contributed by atoms with Gasteiger partial charge in [-0.05, 0) is 67.2 Å². The minimum Gasteiger partial charge on any atom is -0.507 e. The summed E-state index contributed by atoms with van der Waals surface area (Å²) in [4.78, 5) is 22.2. The van der Waals surface area contributed by atoms with Crippen LogP contribution >= 0.6 is 0 Å². The fourth-order valence-corrected chi connectivity index (χ4v) is 5.90. The Labute approximate surface area is 193 Å². The summed E-state index contributed by atoms with van der Waals surface area (Å²) >= 11 is 0. The molecule has 8 heteroatoms. The maximum atomic E-state index is 11.8. The Morgan fingerprint density at radius 2 is 1.82 bits per heavy atom. The van der Waals surface area contributed by atoms with E-state index in [1.54, 1.807) is 25.2 Å². The quantitative estimate of drug-likeness (QED) is 0.651. The molecular weight excluding hydrogens is 416 g/mol. The predicted molar refractivity (Wildman–Crippen MR) is 127 cm³/mol. The Hall–Kier alpha value is -3.29. The molecule has 2 aliphatic rings. The third-order valence-corrected chi connectivity index (χ3v) is 7.59. The lowest BCUT2D eigenvalue weighted by Crippen LogP contribution is -2.42. The van der Waals surface area contributed by atoms with Crippen molar-refractivity contribution in [2.24, 2.45) is 17.9 Å². The summed E-state index contributed by atoms with van der Waals surface area (Å²) < 4.78 is 1.30. The van der Waals surface area contributed by atoms with Crippen LogP contribution in [-0.4, -0.2) is 42.9 Å². The minimum absolute atomic E-state index is 0.0388. The summed E-state index contributed by atoms with van der Waals surface area (Å²) in [5, 5.41) is 19.5. The average molecular weight is 447 g/mol. The van der Waals surface area contributed by atoms with Gasteiger partial charge in [0, 0.05) is 31.3 Å². The van der Waals surface area contributed by atoms with Crippen LogP contribution in [0.4, 0.5) is 5.82 Å². The first-order valence-corrected chi connectivity index (χ1v) is 11.4. The highest BCUT2D eigenvalue weighted by atomic mass is 16.3. The number of nitrogens with zero attached hydrogens (tertiary/aromatic N) is 6. The second-order valence-electron chi connectivity index (χ2n) is 10.6. The van der Waals surface area contributed by atoms with E-state index >= 15 is 0 Å². The molecular formula is C25H30N6O2. The Morgan fingerprint density at radius 1 is 1.09 bits per heavy atom. The van der Waals surface area contributed by atoms with Gasteiger partial charge in [-0.2, -0.15) is 4.98 Å². The van der Waals surface area contributed by atoms with Crippen molar-refractivity contribution in [2.75, 3.05) is 11.9 Å². The number of hydrogen-bond donors (Lipinski definition) is 1. The molecule has 0 spiro atoms. The molecule has 1 N–H and O–H groups in total. The topological polar surface area (TPSA) is 97.0 Å². The zero-order valence-electron chi connectivity index (χ0n) is 19.6. The van der Waals surface area contributed by atoms with Crippen LogP contribution in [-0.2, 0) is 7.05 Å². The molecule has 8 nitrogen and oxygen atoms in total. The van der Waals surface area contributed by atoms with Crippen LogP contribution in [0, 0.1) is 10.8 Å². The van der Waals surface area contributed by atoms with Crippen LogP contribution in [0.1, 0.15) is 46.0 Å². The van der Waals surface area contributed by atoms with Gasteiger partial charge in [0.2, 0.25) is 0 Å². The van der Waals surface area contributed by atoms with Crippen LogP contribution in [0.5, 0.6) is 5.75 Å². The number of aromatic nitrogens is 5. The molecule has 0 aliphatic heterocycles. The van der Waals surface area contributed by atoms with Gasteiger partial charge in [-0.15, -0.1) is 10.2 Å². The third-order valence-electron chi connectivity index (χ3n) is 7.59. The van der Waals surface area contributed by atoms with Crippen LogP contribution in [0.15, 0.2) is 41.5 Å². The van der Waals surface area contributed by atoms with Crippen LogP contribution in [0.2, 0.25) is 0 Å². The highest BCUT2D eigenvalue weighted by molar-refractivity contribution is 5.72. The molecule has 2 bridgehead atoms. The standard InChI is InChI=1S/C25H30N6O2/c1-24-9-10-25(2,14-24)13-17(12-24)31(4)21-8-7-19(28-29-21)18-6-5-16(11-20(18)32)22-26-15-30(3)23(33)27-22/h5-8,11,15,17,32H,9-10,12-14H2,1-4H3/t17-,24-,25+. The SMILES string of the molecule is CN(c1ccc(-c2ccc(-c3ncn(C)c(=O)n3)cc2O)nn1)[C@H]1C[C@]2(C)CC[C@](C)(C1)C2. The molecule has 3 aromatic rings. The first kappa shape index (κ1) is 21.6. The summed E-state index contributed by atoms with van der Waals surface area (Å²) in [6.45, 7) is 4.86. The van der Waals surface area contributed by atoms with E-state index in [1.807, 2.05) is 12.1 Å². The lowest BCUT2D eigenvalue weighted by Gasteiger charge is -2.44. The number of anilines is 1.